The highest BCUT2D eigenvalue weighted by Gasteiger charge is 2.32. The lowest BCUT2D eigenvalue weighted by Crippen LogP contribution is -2.51. The third kappa shape index (κ3) is 2.91. The van der Waals surface area contributed by atoms with Crippen LogP contribution in [0.5, 0.6) is 0 Å². The predicted octanol–water partition coefficient (Wildman–Crippen LogP) is -0.994. The van der Waals surface area contributed by atoms with Crippen molar-refractivity contribution in [2.75, 3.05) is 48.7 Å². The number of nitrogens with zero attached hydrogens (tertiary/aromatic N) is 4. The number of nitrogens with one attached hydrogen (secondary N) is 1. The summed E-state index contributed by atoms with van der Waals surface area (Å²) in [7, 11) is -1.06. The van der Waals surface area contributed by atoms with Crippen LogP contribution in [0.25, 0.3) is 0 Å². The molecular formula is C15H21N5O3S. The van der Waals surface area contributed by atoms with Gasteiger partial charge in [0.1, 0.15) is 17.0 Å². The summed E-state index contributed by atoms with van der Waals surface area (Å²) >= 11 is 0. The molecule has 9 heteroatoms. The molecule has 24 heavy (non-hydrogen) atoms. The number of carbonyl (C=O) groups excluding carboxylic acids is 1. The van der Waals surface area contributed by atoms with Gasteiger partial charge in [-0.25, -0.2) is 4.98 Å². The third-order valence-corrected chi connectivity index (χ3v) is 6.23. The highest BCUT2D eigenvalue weighted by atomic mass is 32.2. The molecule has 1 unspecified atom stereocenters. The molecule has 3 aliphatic heterocycles. The Morgan fingerprint density at radius 3 is 2.92 bits per heavy atom. The van der Waals surface area contributed by atoms with Gasteiger partial charge in [0.15, 0.2) is 0 Å². The molecule has 2 N–H and O–H groups in total. The van der Waals surface area contributed by atoms with Gasteiger partial charge in [0.2, 0.25) is 5.95 Å². The van der Waals surface area contributed by atoms with Gasteiger partial charge in [-0.15, -0.1) is 0 Å². The van der Waals surface area contributed by atoms with Gasteiger partial charge >= 0.3 is 0 Å². The van der Waals surface area contributed by atoms with E-state index in [0.29, 0.717) is 43.6 Å². The molecule has 1 aromatic rings. The normalized spacial score (nSPS) is 27.1. The summed E-state index contributed by atoms with van der Waals surface area (Å²) in [5, 5.41) is 12.9. The largest absolute Gasteiger partial charge is 0.389 e. The van der Waals surface area contributed by atoms with Crippen LogP contribution in [0.4, 0.5) is 11.8 Å². The fourth-order valence-corrected chi connectivity index (χ4v) is 4.77. The third-order valence-electron chi connectivity index (χ3n) is 4.77. The number of likely N-dealkylation sites (tertiary alicyclic amines) is 1. The van der Waals surface area contributed by atoms with Gasteiger partial charge in [0.25, 0.3) is 0 Å². The number of carbonyl (C=O) groups is 1. The molecule has 130 valence electrons. The Labute approximate surface area is 142 Å². The molecule has 4 rings (SSSR count). The lowest BCUT2D eigenvalue weighted by molar-refractivity contribution is -0.108. The standard InChI is InChI=1S/C15H21N5O3S/c21-5-4-19-3-1-10(7-19)16-14-13-12(2-6-24(13)23)17-15(18-14)20-8-11(22)9-20/h5,10-11,22H,1-4,6-9H2,(H,16,17,18)/t10-,24?/m1/s1. The number of aromatic nitrogens is 2. The Bertz CT molecular complexity index is 679. The van der Waals surface area contributed by atoms with Crippen molar-refractivity contribution in [2.45, 2.75) is 29.9 Å². The van der Waals surface area contributed by atoms with E-state index in [1.807, 2.05) is 4.90 Å². The van der Waals surface area contributed by atoms with Crippen LogP contribution >= 0.6 is 0 Å². The van der Waals surface area contributed by atoms with Gasteiger partial charge in [0, 0.05) is 44.4 Å². The second kappa shape index (κ2) is 6.38. The highest BCUT2D eigenvalue weighted by Crippen LogP contribution is 2.32. The number of anilines is 2. The summed E-state index contributed by atoms with van der Waals surface area (Å²) in [5.41, 5.74) is 0.852. The Hall–Kier alpha value is -1.58. The predicted molar refractivity (Wildman–Crippen MR) is 89.8 cm³/mol. The number of aldehydes is 1. The van der Waals surface area contributed by atoms with Crippen molar-refractivity contribution in [3.8, 4) is 0 Å². The van der Waals surface area contributed by atoms with Gasteiger partial charge in [0.05, 0.1) is 29.1 Å². The molecule has 0 aromatic carbocycles. The van der Waals surface area contributed by atoms with Crippen molar-refractivity contribution in [3.63, 3.8) is 0 Å². The second-order valence-electron chi connectivity index (χ2n) is 6.56. The van der Waals surface area contributed by atoms with Crippen molar-refractivity contribution < 1.29 is 14.1 Å². The Morgan fingerprint density at radius 1 is 1.33 bits per heavy atom. The molecular weight excluding hydrogens is 330 g/mol. The fourth-order valence-electron chi connectivity index (χ4n) is 3.46. The fraction of sp³-hybridized carbons (Fsp3) is 0.667. The summed E-state index contributed by atoms with van der Waals surface area (Å²) in [6.07, 6.45) is 2.23. The molecule has 2 atom stereocenters. The summed E-state index contributed by atoms with van der Waals surface area (Å²) < 4.78 is 12.3. The van der Waals surface area contributed by atoms with E-state index in [4.69, 9.17) is 0 Å². The average molecular weight is 351 g/mol. The maximum absolute atomic E-state index is 12.3. The van der Waals surface area contributed by atoms with Crippen molar-refractivity contribution in [3.05, 3.63) is 5.69 Å². The first-order chi connectivity index (χ1) is 11.6. The molecule has 0 saturated carbocycles. The number of hydrogen-bond donors (Lipinski definition) is 2. The van der Waals surface area contributed by atoms with E-state index in [1.54, 1.807) is 0 Å². The van der Waals surface area contributed by atoms with Crippen LogP contribution in [0.3, 0.4) is 0 Å². The van der Waals surface area contributed by atoms with Crippen molar-refractivity contribution in [2.24, 2.45) is 0 Å². The van der Waals surface area contributed by atoms with E-state index in [9.17, 15) is 14.1 Å². The van der Waals surface area contributed by atoms with Gasteiger partial charge < -0.3 is 20.1 Å². The maximum Gasteiger partial charge on any atom is 0.227 e. The number of aliphatic hydroxyl groups is 1. The van der Waals surface area contributed by atoms with Crippen LogP contribution in [0.15, 0.2) is 4.90 Å². The van der Waals surface area contributed by atoms with E-state index in [2.05, 4.69) is 20.2 Å². The Morgan fingerprint density at radius 2 is 2.17 bits per heavy atom. The Kier molecular flexibility index (Phi) is 4.23. The lowest BCUT2D eigenvalue weighted by atomic mass is 10.2. The average Bonchev–Trinajstić information content (AvgIpc) is 3.12. The minimum Gasteiger partial charge on any atom is -0.389 e. The SMILES string of the molecule is O=CCN1CC[C@@H](Nc2nc(N3CC(O)C3)nc3c2S(=O)CC3)C1. The monoisotopic (exact) mass is 351 g/mol. The first kappa shape index (κ1) is 15.9. The molecule has 2 saturated heterocycles. The van der Waals surface area contributed by atoms with Crippen molar-refractivity contribution in [1.82, 2.24) is 14.9 Å². The first-order valence-electron chi connectivity index (χ1n) is 8.29. The van der Waals surface area contributed by atoms with E-state index in [1.165, 1.54) is 0 Å². The van der Waals surface area contributed by atoms with Crippen LogP contribution in [0.2, 0.25) is 0 Å². The number of hydrogen-bond acceptors (Lipinski definition) is 8. The first-order valence-corrected chi connectivity index (χ1v) is 9.60. The van der Waals surface area contributed by atoms with Gasteiger partial charge in [-0.1, -0.05) is 0 Å². The minimum absolute atomic E-state index is 0.191. The topological polar surface area (TPSA) is 98.7 Å². The molecule has 0 aliphatic carbocycles. The minimum atomic E-state index is -1.06. The zero-order valence-electron chi connectivity index (χ0n) is 13.3. The molecule has 0 amide bonds. The molecule has 2 fully saturated rings. The van der Waals surface area contributed by atoms with Crippen LogP contribution in [0, 0.1) is 0 Å². The Balaban J connectivity index is 1.57. The molecule has 4 heterocycles. The smallest absolute Gasteiger partial charge is 0.227 e. The molecule has 0 spiro atoms. The van der Waals surface area contributed by atoms with E-state index in [-0.39, 0.29) is 12.1 Å². The van der Waals surface area contributed by atoms with Crippen molar-refractivity contribution in [1.29, 1.82) is 0 Å². The lowest BCUT2D eigenvalue weighted by Gasteiger charge is -2.36. The van der Waals surface area contributed by atoms with Gasteiger partial charge in [-0.2, -0.15) is 4.98 Å². The molecule has 0 radical (unpaired) electrons. The van der Waals surface area contributed by atoms with Gasteiger partial charge in [-0.05, 0) is 6.42 Å². The number of rotatable bonds is 5. The van der Waals surface area contributed by atoms with Crippen LogP contribution in [-0.2, 0) is 22.0 Å². The molecule has 0 bridgehead atoms. The highest BCUT2D eigenvalue weighted by molar-refractivity contribution is 7.85. The molecule has 3 aliphatic rings. The van der Waals surface area contributed by atoms with Crippen molar-refractivity contribution >= 4 is 28.9 Å². The van der Waals surface area contributed by atoms with E-state index >= 15 is 0 Å². The van der Waals surface area contributed by atoms with Crippen LogP contribution in [-0.4, -0.2) is 81.1 Å². The van der Waals surface area contributed by atoms with E-state index in [0.717, 1.165) is 36.4 Å². The summed E-state index contributed by atoms with van der Waals surface area (Å²) in [4.78, 5) is 24.6. The number of fused-ring (bicyclic) bond motifs is 1. The molecule has 8 nitrogen and oxygen atoms in total. The quantitative estimate of drug-likeness (QED) is 0.652. The number of aryl methyl sites for hydroxylation is 1. The molecule has 1 aromatic heterocycles. The van der Waals surface area contributed by atoms with Crippen LogP contribution in [0.1, 0.15) is 12.1 Å². The van der Waals surface area contributed by atoms with E-state index < -0.39 is 10.8 Å². The summed E-state index contributed by atoms with van der Waals surface area (Å²) in [5.74, 6) is 1.85. The van der Waals surface area contributed by atoms with Crippen LogP contribution < -0.4 is 10.2 Å². The number of β-amino-alcohol motifs (C(OH)–C–C–N with tert-alkyl or cyclic N) is 1. The van der Waals surface area contributed by atoms with Gasteiger partial charge in [-0.3, -0.25) is 9.11 Å². The zero-order chi connectivity index (χ0) is 16.7. The maximum atomic E-state index is 12.3. The zero-order valence-corrected chi connectivity index (χ0v) is 14.2. The summed E-state index contributed by atoms with van der Waals surface area (Å²) in [6, 6.07) is 0.191. The summed E-state index contributed by atoms with van der Waals surface area (Å²) in [6.45, 7) is 3.18. The second-order valence-corrected chi connectivity index (χ2v) is 8.07. The number of aliphatic hydroxyl groups excluding tert-OH is 1.